The van der Waals surface area contributed by atoms with E-state index in [-0.39, 0.29) is 122 Å². The van der Waals surface area contributed by atoms with E-state index in [9.17, 15) is 55.5 Å². The quantitative estimate of drug-likeness (QED) is 0.0278. The fourth-order valence-electron chi connectivity index (χ4n) is 21.0. The van der Waals surface area contributed by atoms with Crippen LogP contribution in [0.5, 0.6) is 5.75 Å². The molecule has 0 spiro atoms. The van der Waals surface area contributed by atoms with Crippen LogP contribution in [0.25, 0.3) is 0 Å². The number of hydrogen-bond acceptors (Lipinski definition) is 17. The number of carbonyl (C=O) groups is 3. The number of carbonyl (C=O) groups excluding carboxylic acids is 3. The van der Waals surface area contributed by atoms with Crippen molar-refractivity contribution >= 4 is 45.1 Å². The van der Waals surface area contributed by atoms with E-state index in [1.54, 1.807) is 31.2 Å². The number of guanidine groups is 1. The number of ether oxygens (including phenoxy) is 1. The summed E-state index contributed by atoms with van der Waals surface area (Å²) >= 11 is 0. The number of cyclic esters (lactones) is 1. The van der Waals surface area contributed by atoms with Crippen LogP contribution in [0.4, 0.5) is 0 Å². The minimum atomic E-state index is -2.11. The van der Waals surface area contributed by atoms with Crippen LogP contribution >= 0.6 is 21.6 Å². The van der Waals surface area contributed by atoms with Crippen molar-refractivity contribution in [3.63, 3.8) is 0 Å². The summed E-state index contributed by atoms with van der Waals surface area (Å²) in [7, 11) is 2.94. The van der Waals surface area contributed by atoms with E-state index in [1.807, 2.05) is 32.3 Å². The highest BCUT2D eigenvalue weighted by atomic mass is 33.1. The number of Topliss-reactive ketones (excluding diaryl/α,β-unsaturated/α-hetero) is 2. The second-order valence-electron chi connectivity index (χ2n) is 29.1. The van der Waals surface area contributed by atoms with Gasteiger partial charge < -0.3 is 72.5 Å². The lowest BCUT2D eigenvalue weighted by Gasteiger charge is -2.63. The number of ketones is 2. The molecule has 25 atom stereocenters. The third kappa shape index (κ3) is 10.6. The molecule has 10 aliphatic rings. The molecule has 1 aromatic heterocycles. The van der Waals surface area contributed by atoms with Crippen LogP contribution in [0.15, 0.2) is 70.6 Å². The van der Waals surface area contributed by atoms with Gasteiger partial charge in [-0.05, 0) is 172 Å². The van der Waals surface area contributed by atoms with Gasteiger partial charge in [0.1, 0.15) is 17.9 Å². The van der Waals surface area contributed by atoms with Gasteiger partial charge in [-0.3, -0.25) is 19.4 Å². The van der Waals surface area contributed by atoms with E-state index in [0.717, 1.165) is 43.2 Å². The molecule has 8 aliphatic carbocycles. The van der Waals surface area contributed by atoms with Crippen LogP contribution in [0.2, 0.25) is 0 Å². The molecule has 0 radical (unpaired) electrons. The van der Waals surface area contributed by atoms with E-state index in [0.29, 0.717) is 18.1 Å². The number of hydrogen-bond donors (Lipinski definition) is 13. The van der Waals surface area contributed by atoms with Crippen LogP contribution < -0.4 is 16.8 Å². The van der Waals surface area contributed by atoms with Gasteiger partial charge in [-0.25, -0.2) is 0 Å². The van der Waals surface area contributed by atoms with Crippen LogP contribution in [0, 0.1) is 106 Å². The van der Waals surface area contributed by atoms with Gasteiger partial charge in [0.05, 0.1) is 47.7 Å². The largest absolute Gasteiger partial charge is 0.508 e. The number of aliphatic imine (C=N–C) groups is 1. The molecule has 3 heterocycles. The predicted molar refractivity (Wildman–Crippen MR) is 334 cm³/mol. The van der Waals surface area contributed by atoms with E-state index < -0.39 is 136 Å². The standard InChI is InChI=1S/C68H93N5O13S2/c1-5-50-55(53(63(83)86-50)38-18-21-71-29-38)41-8-6-7-37-27-68(85)57-46(65(3)28-49(77)59(79)45-32-88-87-31-39(34-11-14-40(75)15-12-34)25-48(76)47(30-74)73-58(57)60(80)56(45)65)17-19-67(68,20-22-72-64(69)70)61(37)66(4,84)51(78)26-44(62(81)82)52-36-13-16-42(41)54(52)43-23-33(2)9-10-35(43)24-36/h11-12,14-15,18,21,24,29,33,36-37,39,41-47,49-56,59,61-62,71,73-75,77-79,81-82,84-85H,5,7,9-10,13,16-17,19-20,22-23,25-28,30-32H2,1-4H3,(H4,69,70,72)/t33-,36+,37-,39-,41+,42+,43+,44-,45-,46+,47-,49+,50+,51-,52+,53+,54-,55+,56+,59-,61-,65-,66+,67+,68-/m1/s1. The number of allylic oxidation sites excluding steroid dienone is 3. The average Bonchev–Trinajstić information content (AvgIpc) is 1.36. The molecule has 2 aliphatic heterocycles. The Balaban J connectivity index is 1.06. The number of aliphatic hydroxyl groups is 8. The van der Waals surface area contributed by atoms with Crippen molar-refractivity contribution in [3.8, 4) is 17.6 Å². The number of nitrogens with zero attached hydrogens (tertiary/aromatic N) is 1. The second kappa shape index (κ2) is 24.6. The lowest BCUT2D eigenvalue weighted by atomic mass is 9.43. The van der Waals surface area contributed by atoms with Gasteiger partial charge >= 0.3 is 5.97 Å². The van der Waals surface area contributed by atoms with Crippen molar-refractivity contribution in [1.82, 2.24) is 10.3 Å². The van der Waals surface area contributed by atoms with Gasteiger partial charge in [-0.2, -0.15) is 0 Å². The summed E-state index contributed by atoms with van der Waals surface area (Å²) in [5.74, 6) is -0.276. The maximum atomic E-state index is 16.3. The maximum Gasteiger partial charge on any atom is 0.314 e. The highest BCUT2D eigenvalue weighted by molar-refractivity contribution is 8.76. The Labute approximate surface area is 524 Å². The summed E-state index contributed by atoms with van der Waals surface area (Å²) < 4.78 is 6.37. The summed E-state index contributed by atoms with van der Waals surface area (Å²) in [5, 5.41) is 115. The van der Waals surface area contributed by atoms with Crippen LogP contribution in [-0.4, -0.2) is 147 Å². The molecule has 18 nitrogen and oxygen atoms in total. The summed E-state index contributed by atoms with van der Waals surface area (Å²) in [5.41, 5.74) is 8.61. The molecule has 1 aromatic carbocycles. The number of rotatable bonds is 9. The number of esters is 1. The Kier molecular flexibility index (Phi) is 17.8. The molecular formula is C68H93N5O13S2. The van der Waals surface area contributed by atoms with Crippen molar-refractivity contribution in [3.05, 3.63) is 76.8 Å². The van der Waals surface area contributed by atoms with Gasteiger partial charge in [0.15, 0.2) is 23.8 Å². The number of nitrogens with one attached hydrogen (secondary N) is 2. The van der Waals surface area contributed by atoms with Gasteiger partial charge in [0.2, 0.25) is 0 Å². The first-order valence-electron chi connectivity index (χ1n) is 32.6. The van der Waals surface area contributed by atoms with Crippen molar-refractivity contribution in [2.45, 2.75) is 177 Å². The van der Waals surface area contributed by atoms with Crippen molar-refractivity contribution in [2.75, 3.05) is 24.7 Å². The van der Waals surface area contributed by atoms with E-state index in [1.165, 1.54) is 27.2 Å². The van der Waals surface area contributed by atoms with Gasteiger partial charge in [0.25, 0.3) is 0 Å². The van der Waals surface area contributed by atoms with Crippen molar-refractivity contribution in [2.24, 2.45) is 110 Å². The monoisotopic (exact) mass is 1250 g/mol. The smallest absolute Gasteiger partial charge is 0.314 e. The van der Waals surface area contributed by atoms with Crippen molar-refractivity contribution in [1.29, 1.82) is 0 Å². The van der Waals surface area contributed by atoms with E-state index in [4.69, 9.17) is 16.2 Å². The number of aromatic hydroxyl groups is 1. The molecule has 7 fully saturated rings. The second-order valence-corrected chi connectivity index (χ2v) is 31.6. The highest BCUT2D eigenvalue weighted by Gasteiger charge is 2.75. The number of H-pyrrole nitrogens is 1. The molecule has 2 saturated heterocycles. The fraction of sp³-hybridized carbons (Fsp3) is 0.706. The molecule has 2 aromatic rings. The molecule has 0 unspecified atom stereocenters. The number of aliphatic hydroxyl groups excluding tert-OH is 5. The number of aromatic nitrogens is 1. The summed E-state index contributed by atoms with van der Waals surface area (Å²) in [6.45, 7) is 7.07. The molecule has 20 heteroatoms. The molecule has 480 valence electrons. The summed E-state index contributed by atoms with van der Waals surface area (Å²) in [6, 6.07) is 7.19. The van der Waals surface area contributed by atoms with Crippen LogP contribution in [-0.2, 0) is 19.1 Å². The Morgan fingerprint density at radius 2 is 1.69 bits per heavy atom. The van der Waals surface area contributed by atoms with Crippen LogP contribution in [0.3, 0.4) is 0 Å². The number of phenols is 1. The first kappa shape index (κ1) is 63.7. The maximum absolute atomic E-state index is 16.3. The zero-order valence-corrected chi connectivity index (χ0v) is 52.8. The minimum absolute atomic E-state index is 0.000379. The molecule has 5 saturated carbocycles. The van der Waals surface area contributed by atoms with Gasteiger partial charge in [-0.1, -0.05) is 72.1 Å². The normalized spacial score (nSPS) is 45.1. The highest BCUT2D eigenvalue weighted by Crippen LogP contribution is 2.73. The zero-order valence-electron chi connectivity index (χ0n) is 51.1. The average molecular weight is 1250 g/mol. The minimum Gasteiger partial charge on any atom is -0.508 e. The Morgan fingerprint density at radius 1 is 0.932 bits per heavy atom. The summed E-state index contributed by atoms with van der Waals surface area (Å²) in [6.07, 6.45) is 4.57. The number of phenolic OH excluding ortho intramolecular Hbond substituents is 1. The number of fused-ring (bicyclic) bond motifs is 8. The number of aromatic amines is 1. The first-order valence-corrected chi connectivity index (χ1v) is 35.1. The Morgan fingerprint density at radius 3 is 2.40 bits per heavy atom. The molecule has 12 rings (SSSR count). The van der Waals surface area contributed by atoms with Crippen molar-refractivity contribution < 1.29 is 65.1 Å². The summed E-state index contributed by atoms with van der Waals surface area (Å²) in [4.78, 5) is 53.4. The number of nitrogens with two attached hydrogens (primary N) is 2. The molecular weight excluding hydrogens is 1160 g/mol. The SMILES string of the molecule is CC[C@@H]1OC(=O)[C@@H](c2cc[nH]c2)[C@H]1[C@H]1C#CC[C@@H]2C[C@@]3(O)C4=C5N[C@H](CO)C(=O)C[C@@H](c6ccc(O)cc6)CSSC[C@H]6[C@@H](O)[C@@H](O)C[C@@](C)([C@@H]6C5=O)[C@H]4CC[C@]3(CCN=C(N)N)[C@H]2[C@@](C)(O)[C@H](O)C[C@@H](C(O)O)[C@H]2[C@@H]3[C@H]1CC[C@H]2C=C1CC[C@@H](C)C[C@@H]13. The lowest BCUT2D eigenvalue weighted by Crippen LogP contribution is -2.67. The molecule has 15 N–H and O–H groups in total. The molecule has 0 amide bonds. The first-order chi connectivity index (χ1) is 42.0. The Bertz CT molecular complexity index is 3110. The van der Waals surface area contributed by atoms with Gasteiger partial charge in [0, 0.05) is 90.1 Å². The van der Waals surface area contributed by atoms with E-state index >= 15 is 4.79 Å². The predicted octanol–water partition coefficient (Wildman–Crippen LogP) is 5.56. The third-order valence-electron chi connectivity index (χ3n) is 24.6. The lowest BCUT2D eigenvalue weighted by molar-refractivity contribution is -0.202. The molecule has 6 bridgehead atoms. The zero-order chi connectivity index (χ0) is 62.5. The molecule has 88 heavy (non-hydrogen) atoms. The third-order valence-corrected chi connectivity index (χ3v) is 27.2. The Hall–Kier alpha value is -4.40. The van der Waals surface area contributed by atoms with Crippen LogP contribution in [0.1, 0.15) is 141 Å². The van der Waals surface area contributed by atoms with E-state index in [2.05, 4.69) is 40.1 Å². The number of benzene rings is 1. The topological polar surface area (TPSA) is 335 Å². The van der Waals surface area contributed by atoms with Gasteiger partial charge in [-0.15, -0.1) is 5.92 Å². The fourth-order valence-corrected chi connectivity index (χ4v) is 23.7.